The van der Waals surface area contributed by atoms with E-state index in [4.69, 9.17) is 23.2 Å². The van der Waals surface area contributed by atoms with Crippen molar-refractivity contribution in [3.8, 4) is 0 Å². The number of anilines is 1. The lowest BCUT2D eigenvalue weighted by Crippen LogP contribution is -2.12. The number of carbonyl (C=O) groups is 1. The van der Waals surface area contributed by atoms with E-state index in [9.17, 15) is 4.79 Å². The molecule has 0 saturated heterocycles. The monoisotopic (exact) mass is 247 g/mol. The lowest BCUT2D eigenvalue weighted by atomic mass is 10.2. The summed E-state index contributed by atoms with van der Waals surface area (Å²) in [5, 5.41) is 2.74. The molecule has 0 unspecified atom stereocenters. The summed E-state index contributed by atoms with van der Waals surface area (Å²) in [7, 11) is 0. The number of hydrogen-bond acceptors (Lipinski definition) is 3. The molecule has 0 aliphatic carbocycles. The third kappa shape index (κ3) is 4.95. The SMILES string of the molecule is O=C(CCCCCl)Nc1ccnc(Cl)n1. The van der Waals surface area contributed by atoms with Crippen LogP contribution < -0.4 is 5.32 Å². The van der Waals surface area contributed by atoms with Gasteiger partial charge in [-0.3, -0.25) is 4.79 Å². The molecular formula is C9H11Cl2N3O. The first-order valence-corrected chi connectivity index (χ1v) is 5.48. The van der Waals surface area contributed by atoms with E-state index in [-0.39, 0.29) is 11.2 Å². The Labute approximate surface area is 98.0 Å². The van der Waals surface area contributed by atoms with Crippen molar-refractivity contribution < 1.29 is 4.79 Å². The van der Waals surface area contributed by atoms with Crippen molar-refractivity contribution in [3.63, 3.8) is 0 Å². The summed E-state index contributed by atoms with van der Waals surface area (Å²) in [5.74, 6) is 0.910. The van der Waals surface area contributed by atoms with E-state index in [2.05, 4.69) is 15.3 Å². The zero-order chi connectivity index (χ0) is 11.1. The first-order chi connectivity index (χ1) is 7.22. The number of carbonyl (C=O) groups excluding carboxylic acids is 1. The average molecular weight is 248 g/mol. The summed E-state index contributed by atoms with van der Waals surface area (Å²) in [6.07, 6.45) is 3.53. The third-order valence-corrected chi connectivity index (χ3v) is 2.13. The van der Waals surface area contributed by atoms with Crippen LogP contribution in [0.25, 0.3) is 0 Å². The first kappa shape index (κ1) is 12.2. The second-order valence-electron chi connectivity index (χ2n) is 2.91. The molecule has 0 fully saturated rings. The molecule has 4 nitrogen and oxygen atoms in total. The van der Waals surface area contributed by atoms with Crippen molar-refractivity contribution in [2.45, 2.75) is 19.3 Å². The highest BCUT2D eigenvalue weighted by Gasteiger charge is 2.03. The molecule has 1 rings (SSSR count). The van der Waals surface area contributed by atoms with Crippen LogP contribution in [-0.4, -0.2) is 21.8 Å². The van der Waals surface area contributed by atoms with E-state index in [1.165, 1.54) is 6.20 Å². The second kappa shape index (κ2) is 6.58. The number of halogens is 2. The summed E-state index contributed by atoms with van der Waals surface area (Å²) in [6.45, 7) is 0. The predicted octanol–water partition coefficient (Wildman–Crippen LogP) is 2.48. The van der Waals surface area contributed by atoms with E-state index < -0.39 is 0 Å². The standard InChI is InChI=1S/C9H11Cl2N3O/c10-5-2-1-3-8(15)13-7-4-6-12-9(11)14-7/h4,6H,1-3,5H2,(H,12,13,14,15). The number of nitrogens with one attached hydrogen (secondary N) is 1. The van der Waals surface area contributed by atoms with Crippen molar-refractivity contribution in [2.24, 2.45) is 0 Å². The van der Waals surface area contributed by atoms with E-state index in [0.29, 0.717) is 18.1 Å². The van der Waals surface area contributed by atoms with Crippen LogP contribution in [-0.2, 0) is 4.79 Å². The van der Waals surface area contributed by atoms with Gasteiger partial charge >= 0.3 is 0 Å². The van der Waals surface area contributed by atoms with Gasteiger partial charge in [0.15, 0.2) is 0 Å². The van der Waals surface area contributed by atoms with Gasteiger partial charge in [-0.25, -0.2) is 9.97 Å². The Morgan fingerprint density at radius 1 is 1.47 bits per heavy atom. The van der Waals surface area contributed by atoms with Crippen molar-refractivity contribution in [1.29, 1.82) is 0 Å². The van der Waals surface area contributed by atoms with Gasteiger partial charge in [0, 0.05) is 18.5 Å². The molecule has 6 heteroatoms. The van der Waals surface area contributed by atoms with E-state index in [0.717, 1.165) is 12.8 Å². The van der Waals surface area contributed by atoms with Crippen LogP contribution in [0, 0.1) is 0 Å². The second-order valence-corrected chi connectivity index (χ2v) is 3.62. The van der Waals surface area contributed by atoms with Gasteiger partial charge in [0.1, 0.15) is 5.82 Å². The quantitative estimate of drug-likeness (QED) is 0.494. The maximum atomic E-state index is 11.3. The zero-order valence-electron chi connectivity index (χ0n) is 8.04. The first-order valence-electron chi connectivity index (χ1n) is 4.56. The minimum atomic E-state index is -0.0881. The van der Waals surface area contributed by atoms with Gasteiger partial charge in [0.2, 0.25) is 11.2 Å². The molecule has 0 saturated carbocycles. The molecule has 0 aliphatic rings. The zero-order valence-corrected chi connectivity index (χ0v) is 9.55. The molecule has 0 aliphatic heterocycles. The summed E-state index contributed by atoms with van der Waals surface area (Å²) in [6, 6.07) is 1.59. The van der Waals surface area contributed by atoms with Gasteiger partial charge < -0.3 is 5.32 Å². The fourth-order valence-electron chi connectivity index (χ4n) is 0.990. The van der Waals surface area contributed by atoms with E-state index >= 15 is 0 Å². The van der Waals surface area contributed by atoms with Gasteiger partial charge in [-0.15, -0.1) is 11.6 Å². The van der Waals surface area contributed by atoms with Gasteiger partial charge in [-0.05, 0) is 30.5 Å². The van der Waals surface area contributed by atoms with Crippen LogP contribution in [0.5, 0.6) is 0 Å². The van der Waals surface area contributed by atoms with Crippen molar-refractivity contribution in [3.05, 3.63) is 17.5 Å². The average Bonchev–Trinajstić information content (AvgIpc) is 2.18. The van der Waals surface area contributed by atoms with Crippen LogP contribution in [0.3, 0.4) is 0 Å². The Morgan fingerprint density at radius 2 is 2.27 bits per heavy atom. The lowest BCUT2D eigenvalue weighted by molar-refractivity contribution is -0.116. The molecule has 0 atom stereocenters. The van der Waals surface area contributed by atoms with Gasteiger partial charge in [0.25, 0.3) is 0 Å². The molecular weight excluding hydrogens is 237 g/mol. The number of nitrogens with zero attached hydrogens (tertiary/aromatic N) is 2. The molecule has 0 radical (unpaired) electrons. The smallest absolute Gasteiger partial charge is 0.225 e. The molecule has 1 amide bonds. The number of alkyl halides is 1. The molecule has 1 aromatic rings. The molecule has 1 aromatic heterocycles. The normalized spacial score (nSPS) is 10.0. The summed E-state index contributed by atoms with van der Waals surface area (Å²) < 4.78 is 0. The Kier molecular flexibility index (Phi) is 5.36. The minimum Gasteiger partial charge on any atom is -0.311 e. The molecule has 15 heavy (non-hydrogen) atoms. The van der Waals surface area contributed by atoms with Crippen LogP contribution in [0.1, 0.15) is 19.3 Å². The van der Waals surface area contributed by atoms with E-state index in [1.807, 2.05) is 0 Å². The maximum Gasteiger partial charge on any atom is 0.225 e. The third-order valence-electron chi connectivity index (χ3n) is 1.68. The molecule has 1 N–H and O–H groups in total. The molecule has 0 bridgehead atoms. The van der Waals surface area contributed by atoms with Gasteiger partial charge in [0.05, 0.1) is 0 Å². The van der Waals surface area contributed by atoms with Gasteiger partial charge in [-0.2, -0.15) is 0 Å². The number of rotatable bonds is 5. The fourth-order valence-corrected chi connectivity index (χ4v) is 1.33. The summed E-state index contributed by atoms with van der Waals surface area (Å²) >= 11 is 11.1. The topological polar surface area (TPSA) is 54.9 Å². The number of aromatic nitrogens is 2. The van der Waals surface area contributed by atoms with E-state index in [1.54, 1.807) is 6.07 Å². The molecule has 82 valence electrons. The van der Waals surface area contributed by atoms with Crippen molar-refractivity contribution in [1.82, 2.24) is 9.97 Å². The van der Waals surface area contributed by atoms with Crippen LogP contribution in [0.4, 0.5) is 5.82 Å². The number of amides is 1. The molecule has 1 heterocycles. The molecule has 0 aromatic carbocycles. The minimum absolute atomic E-state index is 0.0881. The number of unbranched alkanes of at least 4 members (excludes halogenated alkanes) is 1. The fraction of sp³-hybridized carbons (Fsp3) is 0.444. The van der Waals surface area contributed by atoms with Crippen LogP contribution >= 0.6 is 23.2 Å². The highest BCUT2D eigenvalue weighted by Crippen LogP contribution is 2.07. The van der Waals surface area contributed by atoms with Crippen molar-refractivity contribution in [2.75, 3.05) is 11.2 Å². The van der Waals surface area contributed by atoms with Gasteiger partial charge in [-0.1, -0.05) is 0 Å². The summed E-state index contributed by atoms with van der Waals surface area (Å²) in [4.78, 5) is 18.9. The van der Waals surface area contributed by atoms with Crippen molar-refractivity contribution >= 4 is 34.9 Å². The highest BCUT2D eigenvalue weighted by molar-refractivity contribution is 6.28. The largest absolute Gasteiger partial charge is 0.311 e. The Hall–Kier alpha value is -0.870. The highest BCUT2D eigenvalue weighted by atomic mass is 35.5. The number of hydrogen-bond donors (Lipinski definition) is 1. The Bertz CT molecular complexity index is 333. The maximum absolute atomic E-state index is 11.3. The predicted molar refractivity (Wildman–Crippen MR) is 60.2 cm³/mol. The van der Waals surface area contributed by atoms with Crippen LogP contribution in [0.2, 0.25) is 5.28 Å². The lowest BCUT2D eigenvalue weighted by Gasteiger charge is -2.03. The van der Waals surface area contributed by atoms with Crippen LogP contribution in [0.15, 0.2) is 12.3 Å². The Balaban J connectivity index is 2.37. The molecule has 0 spiro atoms. The summed E-state index contributed by atoms with van der Waals surface area (Å²) in [5.41, 5.74) is 0. The Morgan fingerprint density at radius 3 is 2.93 bits per heavy atom.